The number of halogens is 4. The van der Waals surface area contributed by atoms with Crippen LogP contribution in [-0.4, -0.2) is 10.5 Å². The first-order chi connectivity index (χ1) is 6.94. The number of hydrogen-bond acceptors (Lipinski definition) is 3. The Bertz CT molecular complexity index is 496. The molecular formula is C8H3ClF3NOS. The van der Waals surface area contributed by atoms with Gasteiger partial charge in [0.05, 0.1) is 0 Å². The van der Waals surface area contributed by atoms with Crippen molar-refractivity contribution in [3.8, 4) is 0 Å². The van der Waals surface area contributed by atoms with Crippen molar-refractivity contribution >= 4 is 34.5 Å². The average molecular weight is 254 g/mol. The van der Waals surface area contributed by atoms with Gasteiger partial charge in [-0.2, -0.15) is 18.2 Å². The van der Waals surface area contributed by atoms with E-state index in [4.69, 9.17) is 16.0 Å². The van der Waals surface area contributed by atoms with E-state index in [2.05, 4.69) is 4.98 Å². The number of benzene rings is 1. The summed E-state index contributed by atoms with van der Waals surface area (Å²) in [6.07, 6.45) is 0. The predicted molar refractivity (Wildman–Crippen MR) is 50.9 cm³/mol. The van der Waals surface area contributed by atoms with Crippen molar-refractivity contribution in [3.63, 3.8) is 0 Å². The lowest BCUT2D eigenvalue weighted by Crippen LogP contribution is -1.98. The molecule has 7 heteroatoms. The molecule has 0 saturated carbocycles. The molecule has 2 nitrogen and oxygen atoms in total. The van der Waals surface area contributed by atoms with Gasteiger partial charge < -0.3 is 4.42 Å². The Morgan fingerprint density at radius 2 is 2.07 bits per heavy atom. The first-order valence-corrected chi connectivity index (χ1v) is 4.95. The number of hydrogen-bond donors (Lipinski definition) is 0. The molecule has 0 aliphatic heterocycles. The fourth-order valence-corrected chi connectivity index (χ4v) is 1.82. The van der Waals surface area contributed by atoms with E-state index in [-0.39, 0.29) is 22.0 Å². The Labute approximate surface area is 91.4 Å². The van der Waals surface area contributed by atoms with Crippen molar-refractivity contribution in [2.24, 2.45) is 0 Å². The molecule has 2 aromatic rings. The van der Waals surface area contributed by atoms with E-state index >= 15 is 0 Å². The van der Waals surface area contributed by atoms with Crippen LogP contribution in [0.4, 0.5) is 13.2 Å². The molecule has 0 bridgehead atoms. The van der Waals surface area contributed by atoms with Crippen LogP contribution in [0.25, 0.3) is 11.1 Å². The molecule has 0 radical (unpaired) electrons. The highest BCUT2D eigenvalue weighted by molar-refractivity contribution is 8.00. The van der Waals surface area contributed by atoms with Crippen molar-refractivity contribution in [3.05, 3.63) is 23.5 Å². The third-order valence-electron chi connectivity index (χ3n) is 1.57. The average Bonchev–Trinajstić information content (AvgIpc) is 2.40. The standard InChI is InChI=1S/C8H3ClF3NOS/c9-7-13-5-3-4(15-8(10,11)12)1-2-6(5)14-7/h1-3H. The van der Waals surface area contributed by atoms with Gasteiger partial charge in [0.1, 0.15) is 5.52 Å². The van der Waals surface area contributed by atoms with Gasteiger partial charge in [0.2, 0.25) is 0 Å². The molecule has 0 saturated heterocycles. The van der Waals surface area contributed by atoms with Gasteiger partial charge in [-0.3, -0.25) is 0 Å². The number of nitrogens with zero attached hydrogens (tertiary/aromatic N) is 1. The van der Waals surface area contributed by atoms with Crippen LogP contribution in [0.15, 0.2) is 27.5 Å². The number of thioether (sulfide) groups is 1. The Balaban J connectivity index is 2.38. The lowest BCUT2D eigenvalue weighted by atomic mass is 10.3. The number of alkyl halides is 3. The van der Waals surface area contributed by atoms with Gasteiger partial charge in [-0.25, -0.2) is 0 Å². The minimum absolute atomic E-state index is 0.0555. The molecule has 0 unspecified atom stereocenters. The molecule has 1 aromatic carbocycles. The molecule has 1 heterocycles. The van der Waals surface area contributed by atoms with Gasteiger partial charge in [0.15, 0.2) is 5.58 Å². The van der Waals surface area contributed by atoms with Crippen molar-refractivity contribution in [2.45, 2.75) is 10.4 Å². The quantitative estimate of drug-likeness (QED) is 0.716. The molecule has 0 aliphatic rings. The Morgan fingerprint density at radius 1 is 1.33 bits per heavy atom. The third-order valence-corrected chi connectivity index (χ3v) is 2.45. The molecule has 0 spiro atoms. The maximum absolute atomic E-state index is 12.0. The summed E-state index contributed by atoms with van der Waals surface area (Å²) in [6, 6.07) is 3.99. The molecule has 0 N–H and O–H groups in total. The van der Waals surface area contributed by atoms with Crippen LogP contribution in [-0.2, 0) is 0 Å². The van der Waals surface area contributed by atoms with Crippen LogP contribution in [0.2, 0.25) is 5.35 Å². The SMILES string of the molecule is FC(F)(F)Sc1ccc2oc(Cl)nc2c1. The van der Waals surface area contributed by atoms with Gasteiger partial charge in [-0.05, 0) is 41.6 Å². The number of fused-ring (bicyclic) bond motifs is 1. The topological polar surface area (TPSA) is 26.0 Å². The summed E-state index contributed by atoms with van der Waals surface area (Å²) in [7, 11) is 0. The van der Waals surface area contributed by atoms with Gasteiger partial charge in [0, 0.05) is 4.90 Å². The molecule has 0 amide bonds. The molecule has 80 valence electrons. The van der Waals surface area contributed by atoms with Crippen molar-refractivity contribution in [1.29, 1.82) is 0 Å². The van der Waals surface area contributed by atoms with Crippen LogP contribution in [0, 0.1) is 0 Å². The second-order valence-corrected chi connectivity index (χ2v) is 4.11. The summed E-state index contributed by atoms with van der Waals surface area (Å²) in [5.74, 6) is 0. The normalized spacial score (nSPS) is 12.3. The van der Waals surface area contributed by atoms with E-state index in [9.17, 15) is 13.2 Å². The fraction of sp³-hybridized carbons (Fsp3) is 0.125. The minimum atomic E-state index is -4.30. The number of aromatic nitrogens is 1. The number of rotatable bonds is 1. The molecule has 1 aromatic heterocycles. The predicted octanol–water partition coefficient (Wildman–Crippen LogP) is 4.09. The van der Waals surface area contributed by atoms with Crippen molar-refractivity contribution in [1.82, 2.24) is 4.98 Å². The molecule has 15 heavy (non-hydrogen) atoms. The molecular weight excluding hydrogens is 251 g/mol. The maximum atomic E-state index is 12.0. The minimum Gasteiger partial charge on any atom is -0.428 e. The maximum Gasteiger partial charge on any atom is 0.446 e. The van der Waals surface area contributed by atoms with Crippen molar-refractivity contribution in [2.75, 3.05) is 0 Å². The lowest BCUT2D eigenvalue weighted by molar-refractivity contribution is -0.0328. The molecule has 0 fully saturated rings. The first-order valence-electron chi connectivity index (χ1n) is 3.76. The van der Waals surface area contributed by atoms with Gasteiger partial charge >= 0.3 is 5.51 Å². The second-order valence-electron chi connectivity index (χ2n) is 2.64. The Morgan fingerprint density at radius 3 is 2.73 bits per heavy atom. The van der Waals surface area contributed by atoms with Crippen LogP contribution < -0.4 is 0 Å². The van der Waals surface area contributed by atoms with Gasteiger partial charge in [0.25, 0.3) is 5.35 Å². The lowest BCUT2D eigenvalue weighted by Gasteiger charge is -2.04. The van der Waals surface area contributed by atoms with Crippen LogP contribution in [0.3, 0.4) is 0 Å². The summed E-state index contributed by atoms with van der Waals surface area (Å²) in [5, 5.41) is -0.0841. The van der Waals surface area contributed by atoms with Gasteiger partial charge in [-0.1, -0.05) is 0 Å². The Kier molecular flexibility index (Phi) is 2.56. The molecule has 0 atom stereocenters. The smallest absolute Gasteiger partial charge is 0.428 e. The van der Waals surface area contributed by atoms with Gasteiger partial charge in [-0.15, -0.1) is 0 Å². The van der Waals surface area contributed by atoms with E-state index in [1.54, 1.807) is 0 Å². The summed E-state index contributed by atoms with van der Waals surface area (Å²) >= 11 is 5.26. The second kappa shape index (κ2) is 3.61. The van der Waals surface area contributed by atoms with Crippen LogP contribution in [0.1, 0.15) is 0 Å². The zero-order valence-electron chi connectivity index (χ0n) is 7.01. The Hall–Kier alpha value is -0.880. The van der Waals surface area contributed by atoms with E-state index in [1.165, 1.54) is 18.2 Å². The third kappa shape index (κ3) is 2.57. The number of oxazole rings is 1. The monoisotopic (exact) mass is 253 g/mol. The fourth-order valence-electron chi connectivity index (χ4n) is 1.08. The zero-order chi connectivity index (χ0) is 11.1. The zero-order valence-corrected chi connectivity index (χ0v) is 8.58. The van der Waals surface area contributed by atoms with E-state index in [0.717, 1.165) is 0 Å². The van der Waals surface area contributed by atoms with Crippen LogP contribution >= 0.6 is 23.4 Å². The van der Waals surface area contributed by atoms with Crippen molar-refractivity contribution < 1.29 is 17.6 Å². The summed E-state index contributed by atoms with van der Waals surface area (Å²) in [4.78, 5) is 3.78. The van der Waals surface area contributed by atoms with E-state index in [0.29, 0.717) is 11.1 Å². The highest BCUT2D eigenvalue weighted by Gasteiger charge is 2.29. The largest absolute Gasteiger partial charge is 0.446 e. The highest BCUT2D eigenvalue weighted by atomic mass is 35.5. The van der Waals surface area contributed by atoms with E-state index in [1.807, 2.05) is 0 Å². The molecule has 2 rings (SSSR count). The molecule has 0 aliphatic carbocycles. The summed E-state index contributed by atoms with van der Waals surface area (Å²) in [5.41, 5.74) is -3.62. The highest BCUT2D eigenvalue weighted by Crippen LogP contribution is 2.37. The summed E-state index contributed by atoms with van der Waals surface area (Å²) < 4.78 is 41.0. The summed E-state index contributed by atoms with van der Waals surface area (Å²) in [6.45, 7) is 0. The van der Waals surface area contributed by atoms with E-state index < -0.39 is 5.51 Å². The van der Waals surface area contributed by atoms with Crippen LogP contribution in [0.5, 0.6) is 0 Å². The first kappa shape index (κ1) is 10.6.